The molecule has 0 bridgehead atoms. The number of methoxy groups -OCH3 is 1. The fourth-order valence-electron chi connectivity index (χ4n) is 4.69. The Bertz CT molecular complexity index is 1060. The van der Waals surface area contributed by atoms with Gasteiger partial charge >= 0.3 is 5.97 Å². The number of carbonyl (C=O) groups excluding carboxylic acids is 1. The summed E-state index contributed by atoms with van der Waals surface area (Å²) in [5.74, 6) is 1.51. The fourth-order valence-corrected chi connectivity index (χ4v) is 4.69. The Morgan fingerprint density at radius 2 is 1.97 bits per heavy atom. The third-order valence-corrected chi connectivity index (χ3v) is 6.58. The number of rotatable bonds is 6. The molecule has 0 radical (unpaired) electrons. The average Bonchev–Trinajstić information content (AvgIpc) is 3.56. The molecule has 2 aliphatic rings. The third-order valence-electron chi connectivity index (χ3n) is 6.58. The van der Waals surface area contributed by atoms with Crippen LogP contribution in [0.15, 0.2) is 42.7 Å². The molecule has 0 saturated heterocycles. The second-order valence-electron chi connectivity index (χ2n) is 8.80. The first kappa shape index (κ1) is 19.2. The zero-order valence-corrected chi connectivity index (χ0v) is 17.6. The van der Waals surface area contributed by atoms with Crippen LogP contribution in [0.1, 0.15) is 66.8 Å². The van der Waals surface area contributed by atoms with E-state index in [1.165, 1.54) is 63.0 Å². The number of anilines is 2. The van der Waals surface area contributed by atoms with E-state index in [2.05, 4.69) is 39.3 Å². The Balaban J connectivity index is 1.42. The van der Waals surface area contributed by atoms with Crippen LogP contribution < -0.4 is 5.32 Å². The first-order valence-corrected chi connectivity index (χ1v) is 11.2. The molecule has 1 aromatic carbocycles. The lowest BCUT2D eigenvalue weighted by Gasteiger charge is -2.22. The summed E-state index contributed by atoms with van der Waals surface area (Å²) < 4.78 is 7.38. The lowest BCUT2D eigenvalue weighted by atomic mass is 9.89. The van der Waals surface area contributed by atoms with Gasteiger partial charge in [-0.15, -0.1) is 0 Å². The standard InChI is InChI=1S/C25H29N3O2/c1-30-25(29)22-13-20(18-7-8-18)15-26-24(22)27-21-10-9-19-11-12-28(23(19)14-21)16-17-5-3-2-4-6-17/h9-15,17-18H,2-8,16H2,1H3,(H,26,27). The van der Waals surface area contributed by atoms with Crippen molar-refractivity contribution in [1.29, 1.82) is 0 Å². The maximum Gasteiger partial charge on any atom is 0.341 e. The fraction of sp³-hybridized carbons (Fsp3) is 0.440. The Labute approximate surface area is 177 Å². The molecular weight excluding hydrogens is 374 g/mol. The van der Waals surface area contributed by atoms with Gasteiger partial charge in [0, 0.05) is 24.6 Å². The predicted molar refractivity (Wildman–Crippen MR) is 119 cm³/mol. The molecular formula is C25H29N3O2. The highest BCUT2D eigenvalue weighted by molar-refractivity contribution is 5.96. The van der Waals surface area contributed by atoms with Gasteiger partial charge < -0.3 is 14.6 Å². The van der Waals surface area contributed by atoms with Crippen molar-refractivity contribution < 1.29 is 9.53 Å². The molecule has 5 rings (SSSR count). The molecule has 0 aliphatic heterocycles. The van der Waals surface area contributed by atoms with Crippen molar-refractivity contribution >= 4 is 28.4 Å². The van der Waals surface area contributed by atoms with Gasteiger partial charge in [-0.25, -0.2) is 9.78 Å². The van der Waals surface area contributed by atoms with Gasteiger partial charge in [0.1, 0.15) is 11.4 Å². The van der Waals surface area contributed by atoms with Crippen LogP contribution in [-0.4, -0.2) is 22.6 Å². The van der Waals surface area contributed by atoms with Crippen molar-refractivity contribution in [3.05, 3.63) is 53.9 Å². The van der Waals surface area contributed by atoms with E-state index in [9.17, 15) is 4.79 Å². The highest BCUT2D eigenvalue weighted by Crippen LogP contribution is 2.40. The summed E-state index contributed by atoms with van der Waals surface area (Å²) >= 11 is 0. The second kappa shape index (κ2) is 8.13. The van der Waals surface area contributed by atoms with Crippen LogP contribution in [0, 0.1) is 5.92 Å². The number of fused-ring (bicyclic) bond motifs is 1. The Morgan fingerprint density at radius 3 is 2.73 bits per heavy atom. The molecule has 0 spiro atoms. The number of nitrogens with zero attached hydrogens (tertiary/aromatic N) is 2. The molecule has 0 atom stereocenters. The first-order chi connectivity index (χ1) is 14.7. The molecule has 2 heterocycles. The van der Waals surface area contributed by atoms with Gasteiger partial charge in [0.15, 0.2) is 0 Å². The summed E-state index contributed by atoms with van der Waals surface area (Å²) in [4.78, 5) is 16.9. The SMILES string of the molecule is COC(=O)c1cc(C2CC2)cnc1Nc1ccc2ccn(CC3CCCCC3)c2c1. The summed E-state index contributed by atoms with van der Waals surface area (Å²) in [5, 5.41) is 4.60. The van der Waals surface area contributed by atoms with E-state index in [0.717, 1.165) is 23.7 Å². The Kier molecular flexibility index (Phi) is 5.19. The van der Waals surface area contributed by atoms with Gasteiger partial charge in [-0.2, -0.15) is 0 Å². The number of nitrogens with one attached hydrogen (secondary N) is 1. The van der Waals surface area contributed by atoms with Crippen molar-refractivity contribution in [2.45, 2.75) is 57.4 Å². The van der Waals surface area contributed by atoms with Crippen molar-refractivity contribution in [3.63, 3.8) is 0 Å². The van der Waals surface area contributed by atoms with Crippen LogP contribution in [0.2, 0.25) is 0 Å². The first-order valence-electron chi connectivity index (χ1n) is 11.2. The minimum absolute atomic E-state index is 0.353. The predicted octanol–water partition coefficient (Wildman–Crippen LogP) is 6.02. The number of hydrogen-bond donors (Lipinski definition) is 1. The van der Waals surface area contributed by atoms with E-state index in [4.69, 9.17) is 4.74 Å². The number of benzene rings is 1. The quantitative estimate of drug-likeness (QED) is 0.511. The van der Waals surface area contributed by atoms with E-state index in [-0.39, 0.29) is 5.97 Å². The monoisotopic (exact) mass is 403 g/mol. The number of esters is 1. The molecule has 2 fully saturated rings. The third kappa shape index (κ3) is 3.93. The van der Waals surface area contributed by atoms with Crippen molar-refractivity contribution in [1.82, 2.24) is 9.55 Å². The zero-order valence-electron chi connectivity index (χ0n) is 17.6. The minimum atomic E-state index is -0.353. The molecule has 0 unspecified atom stereocenters. The van der Waals surface area contributed by atoms with Crippen LogP contribution in [-0.2, 0) is 11.3 Å². The largest absolute Gasteiger partial charge is 0.465 e. The molecule has 2 aromatic heterocycles. The second-order valence-corrected chi connectivity index (χ2v) is 8.80. The van der Waals surface area contributed by atoms with Crippen molar-refractivity contribution in [3.8, 4) is 0 Å². The number of pyridine rings is 1. The molecule has 0 amide bonds. The maximum absolute atomic E-state index is 12.4. The number of ether oxygens (including phenoxy) is 1. The van der Waals surface area contributed by atoms with E-state index in [0.29, 0.717) is 17.3 Å². The van der Waals surface area contributed by atoms with E-state index < -0.39 is 0 Å². The average molecular weight is 404 g/mol. The maximum atomic E-state index is 12.4. The van der Waals surface area contributed by atoms with Crippen LogP contribution in [0.5, 0.6) is 0 Å². The molecule has 3 aromatic rings. The number of hydrogen-bond acceptors (Lipinski definition) is 4. The van der Waals surface area contributed by atoms with Crippen molar-refractivity contribution in [2.75, 3.05) is 12.4 Å². The highest BCUT2D eigenvalue weighted by atomic mass is 16.5. The van der Waals surface area contributed by atoms with Crippen LogP contribution in [0.25, 0.3) is 10.9 Å². The molecule has 5 nitrogen and oxygen atoms in total. The number of aromatic nitrogens is 2. The van der Waals surface area contributed by atoms with Gasteiger partial charge in [-0.05, 0) is 72.7 Å². The smallest absolute Gasteiger partial charge is 0.341 e. The van der Waals surface area contributed by atoms with Crippen LogP contribution >= 0.6 is 0 Å². The zero-order chi connectivity index (χ0) is 20.5. The van der Waals surface area contributed by atoms with E-state index in [1.807, 2.05) is 18.3 Å². The summed E-state index contributed by atoms with van der Waals surface area (Å²) in [6.07, 6.45) is 13.2. The summed E-state index contributed by atoms with van der Waals surface area (Å²) in [5.41, 5.74) is 3.78. The lowest BCUT2D eigenvalue weighted by molar-refractivity contribution is 0.0601. The molecule has 1 N–H and O–H groups in total. The molecule has 30 heavy (non-hydrogen) atoms. The van der Waals surface area contributed by atoms with Gasteiger partial charge in [-0.3, -0.25) is 0 Å². The lowest BCUT2D eigenvalue weighted by Crippen LogP contribution is -2.13. The molecule has 2 saturated carbocycles. The van der Waals surface area contributed by atoms with Crippen molar-refractivity contribution in [2.24, 2.45) is 5.92 Å². The van der Waals surface area contributed by atoms with Crippen LogP contribution in [0.4, 0.5) is 11.5 Å². The topological polar surface area (TPSA) is 56.1 Å². The van der Waals surface area contributed by atoms with E-state index >= 15 is 0 Å². The van der Waals surface area contributed by atoms with Gasteiger partial charge in [0.2, 0.25) is 0 Å². The summed E-state index contributed by atoms with van der Waals surface area (Å²) in [7, 11) is 1.42. The highest BCUT2D eigenvalue weighted by Gasteiger charge is 2.26. The molecule has 5 heteroatoms. The van der Waals surface area contributed by atoms with Gasteiger partial charge in [-0.1, -0.05) is 25.3 Å². The van der Waals surface area contributed by atoms with Gasteiger partial charge in [0.05, 0.1) is 12.6 Å². The minimum Gasteiger partial charge on any atom is -0.465 e. The normalized spacial score (nSPS) is 17.2. The Hall–Kier alpha value is -2.82. The van der Waals surface area contributed by atoms with Crippen LogP contribution in [0.3, 0.4) is 0 Å². The molecule has 2 aliphatic carbocycles. The van der Waals surface area contributed by atoms with E-state index in [1.54, 1.807) is 0 Å². The summed E-state index contributed by atoms with van der Waals surface area (Å²) in [6.45, 7) is 1.08. The summed E-state index contributed by atoms with van der Waals surface area (Å²) in [6, 6.07) is 10.5. The number of carbonyl (C=O) groups is 1. The Morgan fingerprint density at radius 1 is 1.13 bits per heavy atom. The molecule has 156 valence electrons. The van der Waals surface area contributed by atoms with Gasteiger partial charge in [0.25, 0.3) is 0 Å².